The maximum absolute atomic E-state index is 12.7. The number of sulfonamides is 1. The smallest absolute Gasteiger partial charge is 0.262 e. The predicted octanol–water partition coefficient (Wildman–Crippen LogP) is 3.04. The van der Waals surface area contributed by atoms with Gasteiger partial charge in [-0.15, -0.1) is 0 Å². The number of hydrogen-bond acceptors (Lipinski definition) is 6. The van der Waals surface area contributed by atoms with Crippen LogP contribution >= 0.6 is 23.2 Å². The van der Waals surface area contributed by atoms with Gasteiger partial charge in [-0.3, -0.25) is 4.72 Å². The fourth-order valence-corrected chi connectivity index (χ4v) is 4.15. The summed E-state index contributed by atoms with van der Waals surface area (Å²) in [7, 11) is -3.84. The number of ether oxygens (including phenoxy) is 1. The van der Waals surface area contributed by atoms with Crippen molar-refractivity contribution in [1.29, 1.82) is 0 Å². The number of aryl methyl sites for hydroxylation is 2. The average molecular weight is 417 g/mol. The van der Waals surface area contributed by atoms with Crippen LogP contribution in [-0.4, -0.2) is 44.7 Å². The van der Waals surface area contributed by atoms with E-state index in [9.17, 15) is 8.42 Å². The first kappa shape index (κ1) is 19.2. The van der Waals surface area contributed by atoms with E-state index in [4.69, 9.17) is 27.9 Å². The summed E-state index contributed by atoms with van der Waals surface area (Å²) in [4.78, 5) is 10.9. The molecule has 7 nitrogen and oxygen atoms in total. The van der Waals surface area contributed by atoms with Gasteiger partial charge in [-0.25, -0.2) is 18.4 Å². The van der Waals surface area contributed by atoms with Crippen LogP contribution in [0, 0.1) is 13.8 Å². The second kappa shape index (κ2) is 7.56. The number of benzene rings is 1. The molecule has 0 unspecified atom stereocenters. The van der Waals surface area contributed by atoms with Crippen molar-refractivity contribution in [3.63, 3.8) is 0 Å². The predicted molar refractivity (Wildman–Crippen MR) is 102 cm³/mol. The first-order valence-corrected chi connectivity index (χ1v) is 10.2. The van der Waals surface area contributed by atoms with Crippen molar-refractivity contribution in [3.8, 4) is 0 Å². The Kier molecular flexibility index (Phi) is 5.57. The van der Waals surface area contributed by atoms with E-state index < -0.39 is 10.0 Å². The number of nitrogens with one attached hydrogen (secondary N) is 1. The summed E-state index contributed by atoms with van der Waals surface area (Å²) < 4.78 is 33.2. The van der Waals surface area contributed by atoms with Gasteiger partial charge in [0.1, 0.15) is 0 Å². The molecule has 1 aliphatic heterocycles. The van der Waals surface area contributed by atoms with E-state index in [1.807, 2.05) is 4.90 Å². The first-order valence-electron chi connectivity index (χ1n) is 7.94. The van der Waals surface area contributed by atoms with E-state index in [0.717, 1.165) is 0 Å². The van der Waals surface area contributed by atoms with Gasteiger partial charge in [0.05, 0.1) is 45.2 Å². The van der Waals surface area contributed by atoms with Crippen LogP contribution in [0.4, 0.5) is 11.6 Å². The molecule has 1 aromatic carbocycles. The lowest BCUT2D eigenvalue weighted by Gasteiger charge is -2.27. The summed E-state index contributed by atoms with van der Waals surface area (Å²) in [5.74, 6) is 0.570. The molecule has 0 saturated carbocycles. The van der Waals surface area contributed by atoms with E-state index in [1.165, 1.54) is 18.2 Å². The van der Waals surface area contributed by atoms with E-state index >= 15 is 0 Å². The molecule has 3 rings (SSSR count). The van der Waals surface area contributed by atoms with Crippen molar-refractivity contribution in [1.82, 2.24) is 9.97 Å². The summed E-state index contributed by atoms with van der Waals surface area (Å²) in [5.41, 5.74) is 1.44. The normalized spacial score (nSPS) is 15.2. The van der Waals surface area contributed by atoms with Crippen molar-refractivity contribution >= 4 is 44.9 Å². The van der Waals surface area contributed by atoms with Gasteiger partial charge >= 0.3 is 0 Å². The van der Waals surface area contributed by atoms with E-state index in [0.29, 0.717) is 49.3 Å². The largest absolute Gasteiger partial charge is 0.378 e. The molecule has 1 N–H and O–H groups in total. The minimum absolute atomic E-state index is 0.0166. The number of anilines is 2. The third-order valence-electron chi connectivity index (χ3n) is 3.99. The van der Waals surface area contributed by atoms with E-state index in [2.05, 4.69) is 14.7 Å². The second-order valence-corrected chi connectivity index (χ2v) is 8.35. The lowest BCUT2D eigenvalue weighted by Crippen LogP contribution is -2.37. The van der Waals surface area contributed by atoms with Gasteiger partial charge in [0, 0.05) is 13.1 Å². The van der Waals surface area contributed by atoms with Crippen molar-refractivity contribution in [2.45, 2.75) is 18.7 Å². The Morgan fingerprint density at radius 2 is 1.69 bits per heavy atom. The Bertz CT molecular complexity index is 908. The molecular formula is C16H18Cl2N4O3S. The van der Waals surface area contributed by atoms with Gasteiger partial charge in [-0.2, -0.15) is 0 Å². The number of halogens is 2. The Morgan fingerprint density at radius 1 is 1.08 bits per heavy atom. The molecule has 26 heavy (non-hydrogen) atoms. The maximum Gasteiger partial charge on any atom is 0.262 e. The van der Waals surface area contributed by atoms with Crippen LogP contribution in [-0.2, 0) is 14.8 Å². The number of nitrogens with zero attached hydrogens (tertiary/aromatic N) is 3. The summed E-state index contributed by atoms with van der Waals surface area (Å²) in [6.07, 6.45) is 0. The minimum Gasteiger partial charge on any atom is -0.378 e. The number of rotatable bonds is 4. The Morgan fingerprint density at radius 3 is 2.27 bits per heavy atom. The molecule has 1 aromatic heterocycles. The zero-order valence-electron chi connectivity index (χ0n) is 14.3. The molecule has 1 aliphatic rings. The number of aromatic nitrogens is 2. The Hall–Kier alpha value is -1.61. The lowest BCUT2D eigenvalue weighted by atomic mass is 10.3. The Labute approximate surface area is 162 Å². The monoisotopic (exact) mass is 416 g/mol. The third-order valence-corrected chi connectivity index (χ3v) is 6.08. The first-order chi connectivity index (χ1) is 12.3. The second-order valence-electron chi connectivity index (χ2n) is 5.85. The van der Waals surface area contributed by atoms with Crippen LogP contribution in [0.3, 0.4) is 0 Å². The summed E-state index contributed by atoms with van der Waals surface area (Å²) >= 11 is 11.8. The van der Waals surface area contributed by atoms with Gasteiger partial charge in [-0.1, -0.05) is 23.2 Å². The van der Waals surface area contributed by atoms with Crippen LogP contribution in [0.5, 0.6) is 0 Å². The topological polar surface area (TPSA) is 84.4 Å². The third kappa shape index (κ3) is 4.03. The molecule has 2 heterocycles. The van der Waals surface area contributed by atoms with Crippen LogP contribution < -0.4 is 9.62 Å². The van der Waals surface area contributed by atoms with Crippen molar-refractivity contribution < 1.29 is 13.2 Å². The summed E-state index contributed by atoms with van der Waals surface area (Å²) in [6.45, 7) is 6.12. The molecule has 1 fully saturated rings. The van der Waals surface area contributed by atoms with E-state index in [1.54, 1.807) is 13.8 Å². The van der Waals surface area contributed by atoms with Crippen LogP contribution in [0.1, 0.15) is 11.4 Å². The molecule has 2 aromatic rings. The molecule has 1 saturated heterocycles. The lowest BCUT2D eigenvalue weighted by molar-refractivity contribution is 0.122. The van der Waals surface area contributed by atoms with Crippen molar-refractivity contribution in [3.05, 3.63) is 39.6 Å². The molecule has 140 valence electrons. The minimum atomic E-state index is -3.84. The standard InChI is InChI=1S/C16H18Cl2N4O3S/c1-10-15(11(2)20-16(19-10)22-5-7-25-8-6-22)21-26(23,24)12-3-4-13(17)14(18)9-12/h3-4,9,21H,5-8H2,1-2H3. The number of morpholine rings is 1. The fourth-order valence-electron chi connectivity index (χ4n) is 2.59. The molecule has 10 heteroatoms. The highest BCUT2D eigenvalue weighted by molar-refractivity contribution is 7.92. The highest BCUT2D eigenvalue weighted by Gasteiger charge is 2.21. The highest BCUT2D eigenvalue weighted by Crippen LogP contribution is 2.28. The zero-order valence-corrected chi connectivity index (χ0v) is 16.6. The number of hydrogen-bond donors (Lipinski definition) is 1. The fraction of sp³-hybridized carbons (Fsp3) is 0.375. The summed E-state index contributed by atoms with van der Waals surface area (Å²) in [6, 6.07) is 4.14. The van der Waals surface area contributed by atoms with Gasteiger partial charge in [0.25, 0.3) is 10.0 Å². The molecule has 0 amide bonds. The van der Waals surface area contributed by atoms with Gasteiger partial charge in [-0.05, 0) is 32.0 Å². The van der Waals surface area contributed by atoms with Crippen LogP contribution in [0.25, 0.3) is 0 Å². The van der Waals surface area contributed by atoms with Gasteiger partial charge < -0.3 is 9.64 Å². The summed E-state index contributed by atoms with van der Waals surface area (Å²) in [5, 5.41) is 0.457. The van der Waals surface area contributed by atoms with Gasteiger partial charge in [0.15, 0.2) is 0 Å². The van der Waals surface area contributed by atoms with Crippen LogP contribution in [0.2, 0.25) is 10.0 Å². The van der Waals surface area contributed by atoms with Gasteiger partial charge in [0.2, 0.25) is 5.95 Å². The van der Waals surface area contributed by atoms with Crippen molar-refractivity contribution in [2.24, 2.45) is 0 Å². The zero-order chi connectivity index (χ0) is 18.9. The maximum atomic E-state index is 12.7. The molecule has 0 bridgehead atoms. The molecule has 0 atom stereocenters. The van der Waals surface area contributed by atoms with Crippen molar-refractivity contribution in [2.75, 3.05) is 35.9 Å². The average Bonchev–Trinajstić information content (AvgIpc) is 2.61. The molecule has 0 aliphatic carbocycles. The molecule has 0 spiro atoms. The molecular weight excluding hydrogens is 399 g/mol. The highest BCUT2D eigenvalue weighted by atomic mass is 35.5. The van der Waals surface area contributed by atoms with E-state index in [-0.39, 0.29) is 14.9 Å². The Balaban J connectivity index is 1.90. The quantitative estimate of drug-likeness (QED) is 0.824. The van der Waals surface area contributed by atoms with Crippen LogP contribution in [0.15, 0.2) is 23.1 Å². The molecule has 0 radical (unpaired) electrons. The SMILES string of the molecule is Cc1nc(N2CCOCC2)nc(C)c1NS(=O)(=O)c1ccc(Cl)c(Cl)c1.